The van der Waals surface area contributed by atoms with Crippen LogP contribution in [0.5, 0.6) is 23.0 Å². The molecule has 42 heavy (non-hydrogen) atoms. The Morgan fingerprint density at radius 3 is 1.95 bits per heavy atom. The summed E-state index contributed by atoms with van der Waals surface area (Å²) in [7, 11) is -2.02. The molecule has 0 fully saturated rings. The third kappa shape index (κ3) is 9.73. The van der Waals surface area contributed by atoms with Crippen LogP contribution in [0.4, 0.5) is 8.78 Å². The van der Waals surface area contributed by atoms with Crippen molar-refractivity contribution in [3.8, 4) is 23.0 Å². The van der Waals surface area contributed by atoms with Crippen LogP contribution < -0.4 is 18.6 Å². The van der Waals surface area contributed by atoms with Crippen molar-refractivity contribution in [2.75, 3.05) is 0 Å². The van der Waals surface area contributed by atoms with Gasteiger partial charge in [0.1, 0.15) is 47.8 Å². The molecule has 0 spiro atoms. The first kappa shape index (κ1) is 32.3. The lowest BCUT2D eigenvalue weighted by molar-refractivity contribution is -0.909. The molecule has 7 nitrogen and oxygen atoms in total. The first-order valence-corrected chi connectivity index (χ1v) is 16.4. The Hall–Kier alpha value is -4.18. The van der Waals surface area contributed by atoms with Crippen LogP contribution in [0.1, 0.15) is 43.3 Å². The molecule has 0 radical (unpaired) electrons. The van der Waals surface area contributed by atoms with Gasteiger partial charge in [-0.05, 0) is 37.2 Å². The molecule has 0 aliphatic rings. The molecule has 2 aromatic carbocycles. The number of hydrogen-bond donors (Lipinski definition) is 2. The molecular formula is C32H39F2N2O5Si+. The Labute approximate surface area is 247 Å². The Morgan fingerprint density at radius 1 is 0.810 bits per heavy atom. The van der Waals surface area contributed by atoms with E-state index in [1.807, 2.05) is 19.1 Å². The lowest BCUT2D eigenvalue weighted by atomic mass is 10.2. The molecule has 0 bridgehead atoms. The van der Waals surface area contributed by atoms with Crippen LogP contribution in [0.3, 0.4) is 0 Å². The number of aromatic hydroxyl groups is 1. The molecule has 0 saturated carbocycles. The Bertz CT molecular complexity index is 1470. The van der Waals surface area contributed by atoms with Crippen molar-refractivity contribution in [2.45, 2.75) is 66.0 Å². The topological polar surface area (TPSA) is 84.9 Å². The number of ether oxygens (including phenoxy) is 2. The predicted molar refractivity (Wildman–Crippen MR) is 158 cm³/mol. The summed E-state index contributed by atoms with van der Waals surface area (Å²) in [6.45, 7) is 14.9. The van der Waals surface area contributed by atoms with Gasteiger partial charge < -0.3 is 19.0 Å². The highest BCUT2D eigenvalue weighted by Gasteiger charge is 2.39. The second-order valence-electron chi connectivity index (χ2n) is 11.5. The van der Waals surface area contributed by atoms with Gasteiger partial charge in [0.05, 0.1) is 5.56 Å². The van der Waals surface area contributed by atoms with Gasteiger partial charge >= 0.3 is 0 Å². The zero-order valence-corrected chi connectivity index (χ0v) is 26.1. The van der Waals surface area contributed by atoms with Crippen molar-refractivity contribution >= 4 is 8.32 Å². The summed E-state index contributed by atoms with van der Waals surface area (Å²) in [6, 6.07) is 15.5. The fraction of sp³-hybridized carbons (Fsp3) is 0.312. The fourth-order valence-electron chi connectivity index (χ4n) is 3.37. The zero-order valence-electron chi connectivity index (χ0n) is 25.1. The maximum absolute atomic E-state index is 13.9. The van der Waals surface area contributed by atoms with Gasteiger partial charge in [-0.1, -0.05) is 26.8 Å². The standard InChI is InChI=1S/C19H26FNO2Si.C13H12FNO3/c1-14-7-8-15(12-21-14)13-22-17-9-16(20)10-18(11-17)23-24(5,6)19(2,3)4;1-9-2-3-10(7-15(9)17)8-18-13-5-11(14)4-12(16)6-13/h7-12H,13H2,1-6H3;2-7H,8H2,1H3,(H-,16,17)/p+1. The van der Waals surface area contributed by atoms with Crippen LogP contribution in [0.2, 0.25) is 18.1 Å². The van der Waals surface area contributed by atoms with Crippen LogP contribution in [-0.2, 0) is 13.2 Å². The summed E-state index contributed by atoms with van der Waals surface area (Å²) < 4.78 is 45.1. The van der Waals surface area contributed by atoms with Crippen LogP contribution in [0, 0.1) is 25.5 Å². The number of phenols is 1. The highest BCUT2D eigenvalue weighted by Crippen LogP contribution is 2.38. The monoisotopic (exact) mass is 597 g/mol. The van der Waals surface area contributed by atoms with Gasteiger partial charge in [0.25, 0.3) is 0 Å². The molecule has 4 aromatic rings. The van der Waals surface area contributed by atoms with Gasteiger partial charge in [-0.25, -0.2) is 8.78 Å². The molecule has 0 amide bonds. The largest absolute Gasteiger partial charge is 0.543 e. The van der Waals surface area contributed by atoms with Crippen LogP contribution >= 0.6 is 0 Å². The SMILES string of the molecule is Cc1ccc(COc2cc(F)cc(O[Si](C)(C)C(C)(C)C)c2)cn1.Cc1ccc(COc2cc(O)cc(F)c2)c[n+]1O. The molecule has 2 N–H and O–H groups in total. The number of benzene rings is 2. The van der Waals surface area contributed by atoms with E-state index in [2.05, 4.69) is 38.8 Å². The average molecular weight is 598 g/mol. The van der Waals surface area contributed by atoms with Crippen molar-refractivity contribution in [1.82, 2.24) is 4.98 Å². The molecule has 10 heteroatoms. The number of pyridine rings is 2. The Morgan fingerprint density at radius 2 is 1.38 bits per heavy atom. The molecule has 0 saturated heterocycles. The van der Waals surface area contributed by atoms with Gasteiger partial charge in [-0.15, -0.1) is 0 Å². The molecule has 2 heterocycles. The van der Waals surface area contributed by atoms with Gasteiger partial charge in [-0.3, -0.25) is 10.2 Å². The highest BCUT2D eigenvalue weighted by atomic mass is 28.4. The number of hydrogen-bond acceptors (Lipinski definition) is 6. The van der Waals surface area contributed by atoms with Crippen LogP contribution in [0.25, 0.3) is 0 Å². The van der Waals surface area contributed by atoms with Crippen LogP contribution in [0.15, 0.2) is 73.1 Å². The molecule has 0 atom stereocenters. The number of phenolic OH excluding ortho intramolecular Hbond substituents is 1. The summed E-state index contributed by atoms with van der Waals surface area (Å²) in [6.07, 6.45) is 3.27. The van der Waals surface area contributed by atoms with E-state index in [0.717, 1.165) is 27.6 Å². The average Bonchev–Trinajstić information content (AvgIpc) is 2.88. The molecule has 0 unspecified atom stereocenters. The molecule has 0 aliphatic carbocycles. The molecule has 4 rings (SSSR count). The minimum atomic E-state index is -2.02. The summed E-state index contributed by atoms with van der Waals surface area (Å²) >= 11 is 0. The van der Waals surface area contributed by atoms with E-state index in [-0.39, 0.29) is 29.0 Å². The second kappa shape index (κ2) is 13.7. The summed E-state index contributed by atoms with van der Waals surface area (Å²) in [5.74, 6) is 0.112. The minimum Gasteiger partial charge on any atom is -0.543 e. The number of rotatable bonds is 8. The van der Waals surface area contributed by atoms with E-state index in [4.69, 9.17) is 13.9 Å². The Kier molecular flexibility index (Phi) is 10.5. The first-order valence-electron chi connectivity index (χ1n) is 13.5. The normalized spacial score (nSPS) is 11.4. The van der Waals surface area contributed by atoms with Gasteiger partial charge in [0.15, 0.2) is 0 Å². The maximum Gasteiger partial charge on any atom is 0.250 e. The molecular weight excluding hydrogens is 558 g/mol. The fourth-order valence-corrected chi connectivity index (χ4v) is 4.38. The Balaban J connectivity index is 0.000000240. The number of aryl methyl sites for hydroxylation is 2. The lowest BCUT2D eigenvalue weighted by Gasteiger charge is -2.36. The van der Waals surface area contributed by atoms with E-state index < -0.39 is 14.1 Å². The predicted octanol–water partition coefficient (Wildman–Crippen LogP) is 7.44. The summed E-state index contributed by atoms with van der Waals surface area (Å²) in [5, 5.41) is 18.7. The van der Waals surface area contributed by atoms with Crippen molar-refractivity contribution in [2.24, 2.45) is 0 Å². The van der Waals surface area contributed by atoms with E-state index in [1.54, 1.807) is 31.3 Å². The van der Waals surface area contributed by atoms with Crippen LogP contribution in [-0.4, -0.2) is 23.6 Å². The minimum absolute atomic E-state index is 0.0495. The van der Waals surface area contributed by atoms with Crippen molar-refractivity contribution in [3.05, 3.63) is 107 Å². The molecule has 2 aromatic heterocycles. The quantitative estimate of drug-likeness (QED) is 0.125. The maximum atomic E-state index is 13.9. The van der Waals surface area contributed by atoms with E-state index in [1.165, 1.54) is 30.5 Å². The zero-order chi connectivity index (χ0) is 31.1. The molecule has 0 aliphatic heterocycles. The first-order chi connectivity index (χ1) is 19.6. The molecule has 224 valence electrons. The summed E-state index contributed by atoms with van der Waals surface area (Å²) in [4.78, 5) is 4.23. The van der Waals surface area contributed by atoms with Crippen molar-refractivity contribution in [3.63, 3.8) is 0 Å². The van der Waals surface area contributed by atoms with Gasteiger partial charge in [0, 0.05) is 71.6 Å². The number of nitrogens with zero attached hydrogens (tertiary/aromatic N) is 2. The highest BCUT2D eigenvalue weighted by molar-refractivity contribution is 6.74. The third-order valence-corrected chi connectivity index (χ3v) is 11.2. The van der Waals surface area contributed by atoms with Gasteiger partial charge in [-0.2, -0.15) is 0 Å². The second-order valence-corrected chi connectivity index (χ2v) is 16.3. The van der Waals surface area contributed by atoms with E-state index in [0.29, 0.717) is 23.8 Å². The smallest absolute Gasteiger partial charge is 0.250 e. The number of halogens is 2. The summed E-state index contributed by atoms with van der Waals surface area (Å²) in [5.41, 5.74) is 3.32. The third-order valence-electron chi connectivity index (χ3n) is 6.85. The van der Waals surface area contributed by atoms with Gasteiger partial charge in [0.2, 0.25) is 20.2 Å². The van der Waals surface area contributed by atoms with Crippen molar-refractivity contribution < 1.29 is 37.7 Å². The van der Waals surface area contributed by atoms with E-state index in [9.17, 15) is 19.1 Å². The lowest BCUT2D eigenvalue weighted by Crippen LogP contribution is -2.43. The number of aromatic nitrogens is 2. The van der Waals surface area contributed by atoms with E-state index >= 15 is 0 Å². The van der Waals surface area contributed by atoms with Crippen molar-refractivity contribution in [1.29, 1.82) is 0 Å².